The van der Waals surface area contributed by atoms with E-state index < -0.39 is 37.4 Å². The van der Waals surface area contributed by atoms with Crippen LogP contribution < -0.4 is 10.1 Å². The van der Waals surface area contributed by atoms with Gasteiger partial charge in [-0.1, -0.05) is 12.1 Å². The van der Waals surface area contributed by atoms with Crippen molar-refractivity contribution < 1.29 is 35.8 Å². The molecule has 0 bridgehead atoms. The van der Waals surface area contributed by atoms with Crippen LogP contribution in [0.5, 0.6) is 5.75 Å². The predicted octanol–water partition coefficient (Wildman–Crippen LogP) is 1.57. The van der Waals surface area contributed by atoms with Crippen molar-refractivity contribution in [2.45, 2.75) is 46.8 Å². The summed E-state index contributed by atoms with van der Waals surface area (Å²) in [5.74, 6) is -0.229. The highest BCUT2D eigenvalue weighted by Gasteiger charge is 2.44. The summed E-state index contributed by atoms with van der Waals surface area (Å²) in [5, 5.41) is 13.6. The lowest BCUT2D eigenvalue weighted by Crippen LogP contribution is -2.47. The minimum atomic E-state index is -3.76. The summed E-state index contributed by atoms with van der Waals surface area (Å²) in [7, 11) is -7.11. The molecule has 12 heteroatoms. The normalized spacial score (nSPS) is 21.5. The van der Waals surface area contributed by atoms with Crippen molar-refractivity contribution in [1.29, 1.82) is 0 Å². The van der Waals surface area contributed by atoms with Crippen LogP contribution in [0.25, 0.3) is 0 Å². The smallest absolute Gasteiger partial charge is 0.243 e. The summed E-state index contributed by atoms with van der Waals surface area (Å²) in [6, 6.07) is 11.1. The molecule has 2 aliphatic rings. The quantitative estimate of drug-likeness (QED) is 0.490. The van der Waals surface area contributed by atoms with Crippen LogP contribution in [0.1, 0.15) is 19.3 Å². The van der Waals surface area contributed by atoms with E-state index in [4.69, 9.17) is 9.47 Å². The van der Waals surface area contributed by atoms with Crippen molar-refractivity contribution in [1.82, 2.24) is 9.62 Å². The molecule has 2 aliphatic heterocycles. The summed E-state index contributed by atoms with van der Waals surface area (Å²) in [4.78, 5) is 0.0976. The maximum absolute atomic E-state index is 13.5. The van der Waals surface area contributed by atoms with E-state index in [-0.39, 0.29) is 42.1 Å². The second kappa shape index (κ2) is 10.7. The van der Waals surface area contributed by atoms with Gasteiger partial charge in [0.25, 0.3) is 0 Å². The van der Waals surface area contributed by atoms with E-state index >= 15 is 0 Å². The summed E-state index contributed by atoms with van der Waals surface area (Å²) in [5.41, 5.74) is -0.431. The number of ether oxygens (including phenoxy) is 2. The van der Waals surface area contributed by atoms with Gasteiger partial charge in [-0.25, -0.2) is 21.2 Å². The van der Waals surface area contributed by atoms with Gasteiger partial charge in [0.1, 0.15) is 24.3 Å². The molecule has 2 heterocycles. The fourth-order valence-corrected chi connectivity index (χ4v) is 6.71. The molecule has 2 N–H and O–H groups in total. The first kappa shape index (κ1) is 27.0. The number of sulfonamides is 1. The highest BCUT2D eigenvalue weighted by Crippen LogP contribution is 2.37. The van der Waals surface area contributed by atoms with E-state index in [2.05, 4.69) is 5.32 Å². The van der Waals surface area contributed by atoms with E-state index in [0.29, 0.717) is 31.6 Å². The lowest BCUT2D eigenvalue weighted by molar-refractivity contribution is -0.0312. The SMILES string of the molecule is CS(=O)(=O)c1cccc(OC[C@@H](O)CNC2COC3(CCN(S(=O)(=O)c4cccc(F)c4)CC3)C2)c1. The Bertz CT molecular complexity index is 1280. The number of sulfone groups is 1. The van der Waals surface area contributed by atoms with Crippen LogP contribution >= 0.6 is 0 Å². The van der Waals surface area contributed by atoms with Gasteiger partial charge < -0.3 is 19.9 Å². The minimum Gasteiger partial charge on any atom is -0.491 e. The fourth-order valence-electron chi connectivity index (χ4n) is 4.58. The number of nitrogens with zero attached hydrogens (tertiary/aromatic N) is 1. The molecule has 4 rings (SSSR count). The summed E-state index contributed by atoms with van der Waals surface area (Å²) >= 11 is 0. The molecule has 0 aliphatic carbocycles. The van der Waals surface area contributed by atoms with Gasteiger partial charge in [-0.2, -0.15) is 4.31 Å². The molecular formula is C24H31FN2O7S2. The summed E-state index contributed by atoms with van der Waals surface area (Å²) in [6.07, 6.45) is 2.05. The van der Waals surface area contributed by atoms with Gasteiger partial charge in [0, 0.05) is 31.9 Å². The molecule has 36 heavy (non-hydrogen) atoms. The van der Waals surface area contributed by atoms with Crippen LogP contribution in [-0.4, -0.2) is 83.1 Å². The first-order valence-electron chi connectivity index (χ1n) is 11.7. The van der Waals surface area contributed by atoms with Gasteiger partial charge in [0.2, 0.25) is 10.0 Å². The number of rotatable bonds is 9. The molecule has 1 unspecified atom stereocenters. The zero-order valence-corrected chi connectivity index (χ0v) is 21.6. The summed E-state index contributed by atoms with van der Waals surface area (Å²) in [6.45, 7) is 1.27. The zero-order valence-electron chi connectivity index (χ0n) is 20.0. The molecule has 198 valence electrons. The molecule has 2 atom stereocenters. The number of piperidine rings is 1. The maximum atomic E-state index is 13.5. The van der Waals surface area contributed by atoms with Crippen molar-refractivity contribution in [2.75, 3.05) is 39.1 Å². The van der Waals surface area contributed by atoms with Crippen molar-refractivity contribution in [2.24, 2.45) is 0 Å². The van der Waals surface area contributed by atoms with Crippen LogP contribution in [0, 0.1) is 5.82 Å². The van der Waals surface area contributed by atoms with Gasteiger partial charge >= 0.3 is 0 Å². The molecule has 0 aromatic heterocycles. The monoisotopic (exact) mass is 542 g/mol. The molecule has 2 aromatic rings. The largest absolute Gasteiger partial charge is 0.491 e. The Labute approximate surface area is 211 Å². The molecule has 9 nitrogen and oxygen atoms in total. The van der Waals surface area contributed by atoms with Crippen molar-refractivity contribution in [3.63, 3.8) is 0 Å². The zero-order chi connectivity index (χ0) is 26.0. The van der Waals surface area contributed by atoms with E-state index in [1.54, 1.807) is 12.1 Å². The second-order valence-electron chi connectivity index (χ2n) is 9.38. The highest BCUT2D eigenvalue weighted by atomic mass is 32.2. The number of hydrogen-bond acceptors (Lipinski definition) is 8. The third-order valence-corrected chi connectivity index (χ3v) is 9.60. The van der Waals surface area contributed by atoms with E-state index in [0.717, 1.165) is 12.3 Å². The third-order valence-electron chi connectivity index (χ3n) is 6.59. The third kappa shape index (κ3) is 6.42. The predicted molar refractivity (Wildman–Crippen MR) is 131 cm³/mol. The minimum absolute atomic E-state index is 0.000381. The number of hydrogen-bond donors (Lipinski definition) is 2. The van der Waals surface area contributed by atoms with Crippen molar-refractivity contribution in [3.05, 3.63) is 54.3 Å². The van der Waals surface area contributed by atoms with Crippen molar-refractivity contribution in [3.8, 4) is 5.75 Å². The van der Waals surface area contributed by atoms with E-state index in [1.807, 2.05) is 0 Å². The molecule has 1 spiro atoms. The first-order valence-corrected chi connectivity index (χ1v) is 15.0. The number of halogens is 1. The molecule has 0 saturated carbocycles. The van der Waals surface area contributed by atoms with E-state index in [9.17, 15) is 26.3 Å². The molecule has 2 fully saturated rings. The van der Waals surface area contributed by atoms with Crippen LogP contribution in [0.15, 0.2) is 58.3 Å². The van der Waals surface area contributed by atoms with Crippen molar-refractivity contribution >= 4 is 19.9 Å². The van der Waals surface area contributed by atoms with Crippen LogP contribution in [0.2, 0.25) is 0 Å². The Morgan fingerprint density at radius 1 is 1.14 bits per heavy atom. The Morgan fingerprint density at radius 3 is 2.53 bits per heavy atom. The lowest BCUT2D eigenvalue weighted by Gasteiger charge is -2.38. The molecule has 2 saturated heterocycles. The number of nitrogens with one attached hydrogen (secondary N) is 1. The first-order chi connectivity index (χ1) is 17.0. The van der Waals surface area contributed by atoms with Gasteiger partial charge in [0.15, 0.2) is 9.84 Å². The lowest BCUT2D eigenvalue weighted by atomic mass is 9.88. The molecule has 2 aromatic carbocycles. The van der Waals surface area contributed by atoms with Gasteiger partial charge in [0.05, 0.1) is 22.0 Å². The Balaban J connectivity index is 1.23. The van der Waals surface area contributed by atoms with Gasteiger partial charge in [-0.15, -0.1) is 0 Å². The molecule has 0 radical (unpaired) electrons. The fraction of sp³-hybridized carbons (Fsp3) is 0.500. The van der Waals surface area contributed by atoms with E-state index in [1.165, 1.54) is 34.6 Å². The van der Waals surface area contributed by atoms with Gasteiger partial charge in [-0.05, 0) is 55.7 Å². The Morgan fingerprint density at radius 2 is 1.83 bits per heavy atom. The van der Waals surface area contributed by atoms with Crippen LogP contribution in [-0.2, 0) is 24.6 Å². The summed E-state index contributed by atoms with van der Waals surface area (Å²) < 4.78 is 75.6. The van der Waals surface area contributed by atoms with Crippen LogP contribution in [0.4, 0.5) is 4.39 Å². The standard InChI is InChI=1S/C24H31FN2O7S2/c1-35(29,30)22-6-3-5-21(13-22)33-17-20(28)15-26-19-14-24(34-16-19)8-10-27(11-9-24)36(31,32)23-7-2-4-18(25)12-23/h2-7,12-13,19-20,26,28H,8-11,14-17H2,1H3/t19?,20-/m0/s1. The topological polar surface area (TPSA) is 122 Å². The van der Waals surface area contributed by atoms with Gasteiger partial charge in [-0.3, -0.25) is 0 Å². The average molecular weight is 543 g/mol. The second-order valence-corrected chi connectivity index (χ2v) is 13.3. The Hall–Kier alpha value is -2.09. The average Bonchev–Trinajstić information content (AvgIpc) is 3.23. The maximum Gasteiger partial charge on any atom is 0.243 e. The highest BCUT2D eigenvalue weighted by molar-refractivity contribution is 7.90. The number of benzene rings is 2. The number of aliphatic hydroxyl groups is 1. The Kier molecular flexibility index (Phi) is 8.03. The molecule has 0 amide bonds. The molecular weight excluding hydrogens is 511 g/mol. The van der Waals surface area contributed by atoms with Crippen LogP contribution in [0.3, 0.4) is 0 Å². The number of aliphatic hydroxyl groups excluding tert-OH is 1.